The fourth-order valence-corrected chi connectivity index (χ4v) is 3.41. The van der Waals surface area contributed by atoms with Crippen molar-refractivity contribution in [2.45, 2.75) is 38.2 Å². The van der Waals surface area contributed by atoms with Gasteiger partial charge in [-0.25, -0.2) is 9.78 Å². The van der Waals surface area contributed by atoms with E-state index >= 15 is 0 Å². The second kappa shape index (κ2) is 5.60. The van der Waals surface area contributed by atoms with Crippen LogP contribution in [0.2, 0.25) is 0 Å². The van der Waals surface area contributed by atoms with Gasteiger partial charge in [0.15, 0.2) is 5.69 Å². The summed E-state index contributed by atoms with van der Waals surface area (Å²) in [6.07, 6.45) is 6.05. The molecule has 94 valence electrons. The summed E-state index contributed by atoms with van der Waals surface area (Å²) in [5, 5.41) is 11.3. The number of methoxy groups -OCH3 is 1. The lowest BCUT2D eigenvalue weighted by Gasteiger charge is -2.27. The van der Waals surface area contributed by atoms with Gasteiger partial charge in [0.2, 0.25) is 0 Å². The SMILES string of the molecule is COC(c1nc(C(=O)O)cs1)C1CCCCC1. The summed E-state index contributed by atoms with van der Waals surface area (Å²) < 4.78 is 5.52. The normalized spacial score (nSPS) is 19.1. The average molecular weight is 255 g/mol. The molecule has 1 unspecified atom stereocenters. The number of hydrogen-bond donors (Lipinski definition) is 1. The first-order valence-electron chi connectivity index (χ1n) is 5.94. The van der Waals surface area contributed by atoms with Gasteiger partial charge in [-0.2, -0.15) is 0 Å². The third-order valence-corrected chi connectivity index (χ3v) is 4.22. The first-order valence-corrected chi connectivity index (χ1v) is 6.82. The molecule has 1 aliphatic rings. The molecule has 1 N–H and O–H groups in total. The molecule has 1 aromatic rings. The largest absolute Gasteiger partial charge is 0.476 e. The second-order valence-electron chi connectivity index (χ2n) is 4.43. The number of ether oxygens (including phenoxy) is 1. The summed E-state index contributed by atoms with van der Waals surface area (Å²) in [5.74, 6) is -0.479. The zero-order valence-corrected chi connectivity index (χ0v) is 10.7. The molecule has 0 bridgehead atoms. The van der Waals surface area contributed by atoms with Crippen LogP contribution in [-0.4, -0.2) is 23.2 Å². The van der Waals surface area contributed by atoms with E-state index in [-0.39, 0.29) is 11.8 Å². The Morgan fingerprint density at radius 1 is 1.53 bits per heavy atom. The highest BCUT2D eigenvalue weighted by molar-refractivity contribution is 7.09. The van der Waals surface area contributed by atoms with Crippen molar-refractivity contribution < 1.29 is 14.6 Å². The van der Waals surface area contributed by atoms with Crippen LogP contribution < -0.4 is 0 Å². The summed E-state index contributed by atoms with van der Waals surface area (Å²) in [4.78, 5) is 15.0. The highest BCUT2D eigenvalue weighted by atomic mass is 32.1. The van der Waals surface area contributed by atoms with E-state index in [2.05, 4.69) is 4.98 Å². The Morgan fingerprint density at radius 2 is 2.24 bits per heavy atom. The van der Waals surface area contributed by atoms with Crippen LogP contribution in [0, 0.1) is 5.92 Å². The van der Waals surface area contributed by atoms with Crippen LogP contribution >= 0.6 is 11.3 Å². The minimum Gasteiger partial charge on any atom is -0.476 e. The lowest BCUT2D eigenvalue weighted by Crippen LogP contribution is -2.18. The molecule has 0 saturated heterocycles. The van der Waals surface area contributed by atoms with Crippen molar-refractivity contribution in [1.29, 1.82) is 0 Å². The fourth-order valence-electron chi connectivity index (χ4n) is 2.45. The van der Waals surface area contributed by atoms with Crippen molar-refractivity contribution in [3.63, 3.8) is 0 Å². The van der Waals surface area contributed by atoms with Crippen molar-refractivity contribution in [3.05, 3.63) is 16.1 Å². The van der Waals surface area contributed by atoms with Gasteiger partial charge in [-0.05, 0) is 18.8 Å². The Morgan fingerprint density at radius 3 is 2.76 bits per heavy atom. The minimum absolute atomic E-state index is 0.0339. The standard InChI is InChI=1S/C12H17NO3S/c1-16-10(8-5-3-2-4-6-8)11-13-9(7-17-11)12(14)15/h7-8,10H,2-6H2,1H3,(H,14,15). The molecule has 2 rings (SSSR count). The van der Waals surface area contributed by atoms with Gasteiger partial charge < -0.3 is 9.84 Å². The molecule has 5 heteroatoms. The van der Waals surface area contributed by atoms with E-state index in [0.717, 1.165) is 17.8 Å². The van der Waals surface area contributed by atoms with Crippen molar-refractivity contribution in [3.8, 4) is 0 Å². The van der Waals surface area contributed by atoms with Crippen molar-refractivity contribution in [2.75, 3.05) is 7.11 Å². The van der Waals surface area contributed by atoms with E-state index in [9.17, 15) is 4.79 Å². The summed E-state index contributed by atoms with van der Waals surface area (Å²) >= 11 is 1.39. The van der Waals surface area contributed by atoms with Crippen LogP contribution in [0.3, 0.4) is 0 Å². The van der Waals surface area contributed by atoms with Gasteiger partial charge in [-0.3, -0.25) is 0 Å². The molecule has 0 aromatic carbocycles. The topological polar surface area (TPSA) is 59.4 Å². The van der Waals surface area contributed by atoms with E-state index in [1.807, 2.05) is 0 Å². The molecule has 1 saturated carbocycles. The smallest absolute Gasteiger partial charge is 0.355 e. The van der Waals surface area contributed by atoms with Crippen LogP contribution in [0.1, 0.15) is 53.7 Å². The maximum atomic E-state index is 10.8. The van der Waals surface area contributed by atoms with Crippen molar-refractivity contribution in [2.24, 2.45) is 5.92 Å². The number of rotatable bonds is 4. The molecule has 4 nitrogen and oxygen atoms in total. The van der Waals surface area contributed by atoms with E-state index < -0.39 is 5.97 Å². The maximum absolute atomic E-state index is 10.8. The molecule has 1 heterocycles. The number of carbonyl (C=O) groups is 1. The zero-order chi connectivity index (χ0) is 12.3. The number of thiazole rings is 1. The van der Waals surface area contributed by atoms with Crippen LogP contribution in [0.5, 0.6) is 0 Å². The predicted octanol–water partition coefficient (Wildman–Crippen LogP) is 3.11. The number of aromatic nitrogens is 1. The number of hydrogen-bond acceptors (Lipinski definition) is 4. The predicted molar refractivity (Wildman–Crippen MR) is 65.4 cm³/mol. The molecular formula is C12H17NO3S. The van der Waals surface area contributed by atoms with Gasteiger partial charge >= 0.3 is 5.97 Å². The third-order valence-electron chi connectivity index (χ3n) is 3.32. The lowest BCUT2D eigenvalue weighted by molar-refractivity contribution is 0.0350. The first kappa shape index (κ1) is 12.5. The highest BCUT2D eigenvalue weighted by Gasteiger charge is 2.27. The summed E-state index contributed by atoms with van der Waals surface area (Å²) in [7, 11) is 1.68. The molecule has 1 atom stereocenters. The van der Waals surface area contributed by atoms with Gasteiger partial charge in [0.1, 0.15) is 11.1 Å². The van der Waals surface area contributed by atoms with Gasteiger partial charge in [0.25, 0.3) is 0 Å². The molecule has 1 fully saturated rings. The molecule has 1 aliphatic carbocycles. The quantitative estimate of drug-likeness (QED) is 0.898. The van der Waals surface area contributed by atoms with E-state index in [1.54, 1.807) is 12.5 Å². The second-order valence-corrected chi connectivity index (χ2v) is 5.32. The number of aromatic carboxylic acids is 1. The molecule has 0 aliphatic heterocycles. The number of carboxylic acid groups (broad SMARTS) is 1. The maximum Gasteiger partial charge on any atom is 0.355 e. The van der Waals surface area contributed by atoms with Crippen LogP contribution in [0.25, 0.3) is 0 Å². The third kappa shape index (κ3) is 2.84. The Labute approximate surface area is 105 Å². The Balaban J connectivity index is 2.12. The number of nitrogens with zero attached hydrogens (tertiary/aromatic N) is 1. The van der Waals surface area contributed by atoms with Gasteiger partial charge in [0, 0.05) is 12.5 Å². The molecule has 0 amide bonds. The zero-order valence-electron chi connectivity index (χ0n) is 9.89. The van der Waals surface area contributed by atoms with Gasteiger partial charge in [0.05, 0.1) is 0 Å². The van der Waals surface area contributed by atoms with E-state index in [4.69, 9.17) is 9.84 Å². The van der Waals surface area contributed by atoms with Gasteiger partial charge in [-0.15, -0.1) is 11.3 Å². The van der Waals surface area contributed by atoms with E-state index in [0.29, 0.717) is 5.92 Å². The molecule has 0 radical (unpaired) electrons. The highest BCUT2D eigenvalue weighted by Crippen LogP contribution is 2.37. The van der Waals surface area contributed by atoms with Crippen LogP contribution in [-0.2, 0) is 4.74 Å². The van der Waals surface area contributed by atoms with E-state index in [1.165, 1.54) is 30.6 Å². The molecule has 1 aromatic heterocycles. The molecule has 0 spiro atoms. The van der Waals surface area contributed by atoms with Gasteiger partial charge in [-0.1, -0.05) is 19.3 Å². The number of carboxylic acids is 1. The van der Waals surface area contributed by atoms with Crippen molar-refractivity contribution >= 4 is 17.3 Å². The van der Waals surface area contributed by atoms with Crippen LogP contribution in [0.4, 0.5) is 0 Å². The summed E-state index contributed by atoms with van der Waals surface area (Å²) in [6.45, 7) is 0. The molecule has 17 heavy (non-hydrogen) atoms. The summed E-state index contributed by atoms with van der Waals surface area (Å²) in [6, 6.07) is 0. The Hall–Kier alpha value is -0.940. The first-order chi connectivity index (χ1) is 8.22. The molecular weight excluding hydrogens is 238 g/mol. The Kier molecular flexibility index (Phi) is 4.12. The van der Waals surface area contributed by atoms with Crippen LogP contribution in [0.15, 0.2) is 5.38 Å². The summed E-state index contributed by atoms with van der Waals surface area (Å²) in [5.41, 5.74) is 0.128. The lowest BCUT2D eigenvalue weighted by atomic mass is 9.85. The Bertz CT molecular complexity index is 385. The van der Waals surface area contributed by atoms with Crippen molar-refractivity contribution in [1.82, 2.24) is 4.98 Å². The average Bonchev–Trinajstić information content (AvgIpc) is 2.81. The monoisotopic (exact) mass is 255 g/mol. The fraction of sp³-hybridized carbons (Fsp3) is 0.667. The minimum atomic E-state index is -0.967.